The Bertz CT molecular complexity index is 271. The Labute approximate surface area is 82.1 Å². The molecule has 1 aromatic carbocycles. The van der Waals surface area contributed by atoms with Gasteiger partial charge in [0.2, 0.25) is 4.69 Å². The topological polar surface area (TPSA) is 17.1 Å². The van der Waals surface area contributed by atoms with Crippen LogP contribution in [0.2, 0.25) is 0 Å². The summed E-state index contributed by atoms with van der Waals surface area (Å²) in [6, 6.07) is 7.47. The molecule has 0 saturated carbocycles. The first-order valence-electron chi connectivity index (χ1n) is 3.09. The summed E-state index contributed by atoms with van der Waals surface area (Å²) >= 11 is 6.21. The highest BCUT2D eigenvalue weighted by atomic mass is 79.9. The first-order valence-corrected chi connectivity index (χ1v) is 5.00. The minimum absolute atomic E-state index is 0.0692. The highest BCUT2D eigenvalue weighted by Crippen LogP contribution is 2.11. The van der Waals surface area contributed by atoms with E-state index in [0.29, 0.717) is 5.56 Å². The minimum Gasteiger partial charge on any atom is -0.281 e. The summed E-state index contributed by atoms with van der Waals surface area (Å²) in [7, 11) is 0. The van der Waals surface area contributed by atoms with Crippen molar-refractivity contribution in [3.8, 4) is 0 Å². The van der Waals surface area contributed by atoms with Gasteiger partial charge in [-0.1, -0.05) is 34.1 Å². The van der Waals surface area contributed by atoms with E-state index in [2.05, 4.69) is 31.9 Å². The van der Waals surface area contributed by atoms with Crippen molar-refractivity contribution in [3.05, 3.63) is 35.4 Å². The second-order valence-electron chi connectivity index (χ2n) is 2.11. The molecule has 0 aromatic heterocycles. The fraction of sp³-hybridized carbons (Fsp3) is 0.125. The Kier molecular flexibility index (Phi) is 3.27. The number of hydrogen-bond donors (Lipinski definition) is 0. The first-order chi connectivity index (χ1) is 5.24. The van der Waals surface area contributed by atoms with E-state index in [0.717, 1.165) is 10.9 Å². The van der Waals surface area contributed by atoms with Crippen molar-refractivity contribution in [3.63, 3.8) is 0 Å². The lowest BCUT2D eigenvalue weighted by atomic mass is 10.2. The molecular weight excluding hydrogens is 272 g/mol. The third-order valence-corrected chi connectivity index (χ3v) is 2.41. The summed E-state index contributed by atoms with van der Waals surface area (Å²) in [5.74, 6) is 0. The average Bonchev–Trinajstić information content (AvgIpc) is 2.05. The van der Waals surface area contributed by atoms with Gasteiger partial charge in [0.15, 0.2) is 0 Å². The largest absolute Gasteiger partial charge is 0.281 e. The summed E-state index contributed by atoms with van der Waals surface area (Å²) in [6.45, 7) is 0. The van der Waals surface area contributed by atoms with Gasteiger partial charge in [0.1, 0.15) is 0 Å². The Morgan fingerprint density at radius 1 is 1.45 bits per heavy atom. The van der Waals surface area contributed by atoms with Crippen molar-refractivity contribution >= 4 is 36.6 Å². The predicted molar refractivity (Wildman–Crippen MR) is 52.3 cm³/mol. The molecule has 0 amide bonds. The van der Waals surface area contributed by atoms with Crippen LogP contribution in [0.5, 0.6) is 0 Å². The van der Waals surface area contributed by atoms with Crippen LogP contribution in [0, 0.1) is 0 Å². The molecule has 3 heteroatoms. The number of hydrogen-bond acceptors (Lipinski definition) is 1. The third kappa shape index (κ3) is 2.42. The summed E-state index contributed by atoms with van der Waals surface area (Å²) in [5.41, 5.74) is 1.80. The summed E-state index contributed by atoms with van der Waals surface area (Å²) in [4.78, 5) is 10.8. The smallest absolute Gasteiger partial charge is 0.228 e. The van der Waals surface area contributed by atoms with Crippen LogP contribution >= 0.6 is 31.9 Å². The van der Waals surface area contributed by atoms with Crippen LogP contribution in [0.4, 0.5) is 0 Å². The second-order valence-corrected chi connectivity index (χ2v) is 3.39. The molecule has 0 atom stereocenters. The fourth-order valence-electron chi connectivity index (χ4n) is 0.777. The van der Waals surface area contributed by atoms with Gasteiger partial charge >= 0.3 is 0 Å². The third-order valence-electron chi connectivity index (χ3n) is 1.31. The van der Waals surface area contributed by atoms with Gasteiger partial charge in [0, 0.05) is 10.9 Å². The molecule has 0 saturated heterocycles. The molecule has 1 aromatic rings. The molecule has 0 aliphatic heterocycles. The molecule has 1 rings (SSSR count). The maximum atomic E-state index is 10.8. The highest BCUT2D eigenvalue weighted by molar-refractivity contribution is 9.18. The van der Waals surface area contributed by atoms with Gasteiger partial charge < -0.3 is 0 Å². The molecular formula is C8H6Br2O. The molecule has 0 fully saturated rings. The number of halogens is 2. The Balaban J connectivity index is 3.01. The maximum absolute atomic E-state index is 10.8. The van der Waals surface area contributed by atoms with E-state index in [-0.39, 0.29) is 4.69 Å². The minimum atomic E-state index is -0.0692. The van der Waals surface area contributed by atoms with Crippen LogP contribution in [0.3, 0.4) is 0 Å². The van der Waals surface area contributed by atoms with Crippen molar-refractivity contribution in [2.75, 3.05) is 0 Å². The van der Waals surface area contributed by atoms with Gasteiger partial charge in [-0.25, -0.2) is 0 Å². The Morgan fingerprint density at radius 3 is 2.73 bits per heavy atom. The number of rotatable bonds is 2. The number of benzene rings is 1. The van der Waals surface area contributed by atoms with Crippen LogP contribution < -0.4 is 0 Å². The zero-order valence-electron chi connectivity index (χ0n) is 5.68. The van der Waals surface area contributed by atoms with Crippen molar-refractivity contribution in [1.82, 2.24) is 0 Å². The van der Waals surface area contributed by atoms with Gasteiger partial charge in [-0.2, -0.15) is 0 Å². The predicted octanol–water partition coefficient (Wildman–Crippen LogP) is 3.12. The highest BCUT2D eigenvalue weighted by Gasteiger charge is 1.99. The first kappa shape index (κ1) is 8.94. The van der Waals surface area contributed by atoms with E-state index in [4.69, 9.17) is 0 Å². The van der Waals surface area contributed by atoms with Crippen molar-refractivity contribution < 1.29 is 4.79 Å². The van der Waals surface area contributed by atoms with E-state index in [1.165, 1.54) is 0 Å². The summed E-state index contributed by atoms with van der Waals surface area (Å²) in [6.07, 6.45) is 0. The lowest BCUT2D eigenvalue weighted by Gasteiger charge is -1.96. The SMILES string of the molecule is O=C(Br)c1cccc(CBr)c1. The van der Waals surface area contributed by atoms with E-state index >= 15 is 0 Å². The standard InChI is InChI=1S/C8H6Br2O/c9-5-6-2-1-3-7(4-6)8(10)11/h1-4H,5H2. The van der Waals surface area contributed by atoms with Crippen LogP contribution in [-0.4, -0.2) is 4.69 Å². The molecule has 0 N–H and O–H groups in total. The van der Waals surface area contributed by atoms with Crippen molar-refractivity contribution in [2.45, 2.75) is 5.33 Å². The lowest BCUT2D eigenvalue weighted by molar-refractivity contribution is 0.109. The van der Waals surface area contributed by atoms with Crippen molar-refractivity contribution in [1.29, 1.82) is 0 Å². The average molecular weight is 278 g/mol. The molecule has 0 unspecified atom stereocenters. The van der Waals surface area contributed by atoms with Gasteiger partial charge in [-0.3, -0.25) is 4.79 Å². The monoisotopic (exact) mass is 276 g/mol. The van der Waals surface area contributed by atoms with Crippen LogP contribution in [-0.2, 0) is 5.33 Å². The quantitative estimate of drug-likeness (QED) is 0.600. The van der Waals surface area contributed by atoms with Crippen molar-refractivity contribution in [2.24, 2.45) is 0 Å². The zero-order chi connectivity index (χ0) is 8.27. The number of carbonyl (C=O) groups excluding carboxylic acids is 1. The molecule has 0 bridgehead atoms. The summed E-state index contributed by atoms with van der Waals surface area (Å²) in [5, 5.41) is 0.779. The molecule has 0 heterocycles. The molecule has 58 valence electrons. The molecule has 0 aliphatic carbocycles. The van der Waals surface area contributed by atoms with Crippen LogP contribution in [0.25, 0.3) is 0 Å². The van der Waals surface area contributed by atoms with E-state index in [9.17, 15) is 4.79 Å². The molecule has 0 radical (unpaired) electrons. The second kappa shape index (κ2) is 4.02. The molecule has 0 spiro atoms. The Hall–Kier alpha value is -0.150. The van der Waals surface area contributed by atoms with E-state index in [1.807, 2.05) is 18.2 Å². The zero-order valence-corrected chi connectivity index (χ0v) is 8.85. The molecule has 11 heavy (non-hydrogen) atoms. The van der Waals surface area contributed by atoms with Gasteiger partial charge in [0.05, 0.1) is 0 Å². The summed E-state index contributed by atoms with van der Waals surface area (Å²) < 4.78 is -0.0692. The fourth-order valence-corrected chi connectivity index (χ4v) is 1.37. The van der Waals surface area contributed by atoms with Crippen LogP contribution in [0.1, 0.15) is 15.9 Å². The van der Waals surface area contributed by atoms with Gasteiger partial charge in [0.25, 0.3) is 0 Å². The Morgan fingerprint density at radius 2 is 2.18 bits per heavy atom. The van der Waals surface area contributed by atoms with E-state index < -0.39 is 0 Å². The number of alkyl halides is 1. The number of carbonyl (C=O) groups is 1. The maximum Gasteiger partial charge on any atom is 0.228 e. The van der Waals surface area contributed by atoms with Crippen LogP contribution in [0.15, 0.2) is 24.3 Å². The van der Waals surface area contributed by atoms with Gasteiger partial charge in [-0.05, 0) is 27.6 Å². The molecule has 1 nitrogen and oxygen atoms in total. The lowest BCUT2D eigenvalue weighted by Crippen LogP contribution is -1.88. The van der Waals surface area contributed by atoms with Gasteiger partial charge in [-0.15, -0.1) is 0 Å². The molecule has 0 aliphatic rings. The van der Waals surface area contributed by atoms with E-state index in [1.54, 1.807) is 6.07 Å². The normalized spacial score (nSPS) is 9.64.